The Morgan fingerprint density at radius 3 is 2.82 bits per heavy atom. The van der Waals surface area contributed by atoms with E-state index in [0.717, 1.165) is 31.0 Å². The maximum absolute atomic E-state index is 12.2. The summed E-state index contributed by atoms with van der Waals surface area (Å²) in [5, 5.41) is 7.19. The molecule has 0 saturated carbocycles. The molecular weight excluding hydrogens is 376 g/mol. The number of hydrogen-bond donors (Lipinski definition) is 1. The number of nitrogens with one attached hydrogen (secondary N) is 1. The van der Waals surface area contributed by atoms with Gasteiger partial charge in [0.15, 0.2) is 5.15 Å². The number of anilines is 3. The zero-order chi connectivity index (χ0) is 19.8. The van der Waals surface area contributed by atoms with E-state index >= 15 is 0 Å². The number of nitrogens with zero attached hydrogens (tertiary/aromatic N) is 5. The highest BCUT2D eigenvalue weighted by Crippen LogP contribution is 2.33. The van der Waals surface area contributed by atoms with Crippen LogP contribution in [0.2, 0.25) is 5.15 Å². The highest BCUT2D eigenvalue weighted by Gasteiger charge is 2.34. The van der Waals surface area contributed by atoms with Crippen molar-refractivity contribution in [1.29, 1.82) is 0 Å². The summed E-state index contributed by atoms with van der Waals surface area (Å²) in [5.41, 5.74) is 2.37. The predicted molar refractivity (Wildman–Crippen MR) is 112 cm³/mol. The van der Waals surface area contributed by atoms with Gasteiger partial charge in [0.2, 0.25) is 0 Å². The van der Waals surface area contributed by atoms with Gasteiger partial charge >= 0.3 is 0 Å². The van der Waals surface area contributed by atoms with Crippen LogP contribution in [0.3, 0.4) is 0 Å². The molecule has 2 aromatic rings. The number of hydrogen-bond acceptors (Lipinski definition) is 6. The van der Waals surface area contributed by atoms with Crippen LogP contribution in [-0.2, 0) is 7.05 Å². The lowest BCUT2D eigenvalue weighted by Crippen LogP contribution is -2.44. The fourth-order valence-electron chi connectivity index (χ4n) is 4.14. The topological polar surface area (TPSA) is 66.3 Å². The van der Waals surface area contributed by atoms with Crippen molar-refractivity contribution >= 4 is 28.8 Å². The molecule has 0 amide bonds. The van der Waals surface area contributed by atoms with Gasteiger partial charge < -0.3 is 15.1 Å². The standard InChI is InChI=1S/C20H25ClN6O/c1-13(2)26-10-14-4-5-16(12-26)27(11-14)15-6-7-19(22-9-15)23-17-8-18(21)24-25(3)20(17)28/h6-9,14,16H,1,4-5,10-12H2,2-3H3,(H,22,23). The number of allylic oxidation sites excluding steroid dienone is 1. The van der Waals surface area contributed by atoms with E-state index in [1.807, 2.05) is 12.3 Å². The van der Waals surface area contributed by atoms with E-state index in [-0.39, 0.29) is 10.7 Å². The maximum Gasteiger partial charge on any atom is 0.290 e. The van der Waals surface area contributed by atoms with Crippen molar-refractivity contribution in [3.05, 3.63) is 52.2 Å². The van der Waals surface area contributed by atoms with Crippen LogP contribution in [0.15, 0.2) is 41.5 Å². The Morgan fingerprint density at radius 1 is 1.29 bits per heavy atom. The number of fused-ring (bicyclic) bond motifs is 4. The predicted octanol–water partition coefficient (Wildman–Crippen LogP) is 3.01. The zero-order valence-electron chi connectivity index (χ0n) is 16.2. The Balaban J connectivity index is 1.53. The molecule has 3 saturated heterocycles. The molecule has 5 rings (SSSR count). The third-order valence-electron chi connectivity index (χ3n) is 5.63. The number of piperidine rings is 1. The Labute approximate surface area is 169 Å². The number of aryl methyl sites for hydroxylation is 1. The molecule has 0 aromatic carbocycles. The zero-order valence-corrected chi connectivity index (χ0v) is 17.0. The van der Waals surface area contributed by atoms with Gasteiger partial charge in [-0.25, -0.2) is 9.67 Å². The van der Waals surface area contributed by atoms with E-state index in [2.05, 4.69) is 44.8 Å². The first-order valence-corrected chi connectivity index (χ1v) is 9.92. The minimum Gasteiger partial charge on any atom is -0.373 e. The molecule has 2 unspecified atom stereocenters. The molecule has 0 spiro atoms. The van der Waals surface area contributed by atoms with Gasteiger partial charge in [-0.3, -0.25) is 4.79 Å². The van der Waals surface area contributed by atoms with Crippen LogP contribution >= 0.6 is 11.6 Å². The van der Waals surface area contributed by atoms with Crippen molar-refractivity contribution in [2.24, 2.45) is 13.0 Å². The van der Waals surface area contributed by atoms with E-state index in [9.17, 15) is 4.79 Å². The SMILES string of the molecule is C=C(C)N1CC2CCC(C1)N(c1ccc(Nc3cc(Cl)nn(C)c3=O)nc1)C2. The molecule has 0 aliphatic carbocycles. The van der Waals surface area contributed by atoms with Crippen LogP contribution in [0, 0.1) is 5.92 Å². The average Bonchev–Trinajstić information content (AvgIpc) is 2.99. The second-order valence-corrected chi connectivity index (χ2v) is 8.11. The van der Waals surface area contributed by atoms with Crippen molar-refractivity contribution in [3.8, 4) is 0 Å². The quantitative estimate of drug-likeness (QED) is 0.851. The van der Waals surface area contributed by atoms with Crippen LogP contribution in [0.25, 0.3) is 0 Å². The van der Waals surface area contributed by atoms with Gasteiger partial charge in [-0.15, -0.1) is 0 Å². The molecule has 2 aromatic heterocycles. The second-order valence-electron chi connectivity index (χ2n) is 7.73. The minimum absolute atomic E-state index is 0.250. The third-order valence-corrected chi connectivity index (χ3v) is 5.81. The molecule has 3 aliphatic rings. The van der Waals surface area contributed by atoms with E-state index in [1.165, 1.54) is 23.6 Å². The number of pyridine rings is 1. The van der Waals surface area contributed by atoms with E-state index in [1.54, 1.807) is 7.05 Å². The smallest absolute Gasteiger partial charge is 0.290 e. The first kappa shape index (κ1) is 18.8. The van der Waals surface area contributed by atoms with Crippen molar-refractivity contribution in [2.75, 3.05) is 29.9 Å². The largest absolute Gasteiger partial charge is 0.373 e. The molecule has 28 heavy (non-hydrogen) atoms. The van der Waals surface area contributed by atoms with Gasteiger partial charge in [0.05, 0.1) is 11.9 Å². The normalized spacial score (nSPS) is 21.5. The molecular formula is C20H25ClN6O. The van der Waals surface area contributed by atoms with Crippen LogP contribution in [0.4, 0.5) is 17.2 Å². The molecule has 148 valence electrons. The molecule has 2 bridgehead atoms. The first-order valence-electron chi connectivity index (χ1n) is 9.54. The van der Waals surface area contributed by atoms with Gasteiger partial charge in [0.1, 0.15) is 11.5 Å². The van der Waals surface area contributed by atoms with Crippen LogP contribution in [0.1, 0.15) is 19.8 Å². The fraction of sp³-hybridized carbons (Fsp3) is 0.450. The van der Waals surface area contributed by atoms with E-state index < -0.39 is 0 Å². The molecule has 0 radical (unpaired) electrons. The molecule has 3 aliphatic heterocycles. The Bertz CT molecular complexity index is 941. The van der Waals surface area contributed by atoms with Gasteiger partial charge in [-0.2, -0.15) is 5.10 Å². The summed E-state index contributed by atoms with van der Waals surface area (Å²) in [6, 6.07) is 5.95. The molecule has 7 nitrogen and oxygen atoms in total. The molecule has 3 fully saturated rings. The van der Waals surface area contributed by atoms with Crippen LogP contribution in [-0.4, -0.2) is 45.3 Å². The van der Waals surface area contributed by atoms with Gasteiger partial charge in [-0.05, 0) is 37.8 Å². The monoisotopic (exact) mass is 400 g/mol. The summed E-state index contributed by atoms with van der Waals surface area (Å²) in [7, 11) is 1.57. The second kappa shape index (κ2) is 7.47. The maximum atomic E-state index is 12.2. The average molecular weight is 401 g/mol. The van der Waals surface area contributed by atoms with Crippen LogP contribution < -0.4 is 15.8 Å². The summed E-state index contributed by atoms with van der Waals surface area (Å²) >= 11 is 5.95. The lowest BCUT2D eigenvalue weighted by atomic mass is 9.94. The lowest BCUT2D eigenvalue weighted by molar-refractivity contribution is 0.330. The van der Waals surface area contributed by atoms with Crippen molar-refractivity contribution in [3.63, 3.8) is 0 Å². The summed E-state index contributed by atoms with van der Waals surface area (Å²) in [5.74, 6) is 1.25. The first-order chi connectivity index (χ1) is 13.4. The molecule has 1 N–H and O–H groups in total. The van der Waals surface area contributed by atoms with Gasteiger partial charge in [-0.1, -0.05) is 18.2 Å². The summed E-state index contributed by atoms with van der Waals surface area (Å²) in [6.45, 7) is 9.36. The van der Waals surface area contributed by atoms with E-state index in [0.29, 0.717) is 23.5 Å². The van der Waals surface area contributed by atoms with E-state index in [4.69, 9.17) is 11.6 Å². The number of halogens is 1. The fourth-order valence-corrected chi connectivity index (χ4v) is 4.36. The Hall–Kier alpha value is -2.54. The van der Waals surface area contributed by atoms with Crippen molar-refractivity contribution in [2.45, 2.75) is 25.8 Å². The Morgan fingerprint density at radius 2 is 2.11 bits per heavy atom. The summed E-state index contributed by atoms with van der Waals surface area (Å²) in [6.07, 6.45) is 4.34. The molecule has 5 heterocycles. The van der Waals surface area contributed by atoms with Crippen LogP contribution in [0.5, 0.6) is 0 Å². The molecule has 2 atom stereocenters. The summed E-state index contributed by atoms with van der Waals surface area (Å²) in [4.78, 5) is 21.6. The highest BCUT2D eigenvalue weighted by atomic mass is 35.5. The van der Waals surface area contributed by atoms with Crippen molar-refractivity contribution < 1.29 is 0 Å². The van der Waals surface area contributed by atoms with Gasteiger partial charge in [0, 0.05) is 44.5 Å². The molecule has 8 heteroatoms. The lowest BCUT2D eigenvalue weighted by Gasteiger charge is -2.37. The third kappa shape index (κ3) is 3.71. The summed E-state index contributed by atoms with van der Waals surface area (Å²) < 4.78 is 1.21. The number of aromatic nitrogens is 3. The van der Waals surface area contributed by atoms with Gasteiger partial charge in [0.25, 0.3) is 5.56 Å². The highest BCUT2D eigenvalue weighted by molar-refractivity contribution is 6.29. The Kier molecular flexibility index (Phi) is 5.02. The minimum atomic E-state index is -0.250. The number of rotatable bonds is 4. The van der Waals surface area contributed by atoms with Crippen molar-refractivity contribution in [1.82, 2.24) is 19.7 Å².